The van der Waals surface area contributed by atoms with Crippen LogP contribution >= 0.6 is 34.2 Å². The molecule has 7 heteroatoms. The highest BCUT2D eigenvalue weighted by molar-refractivity contribution is 14.1. The molecule has 0 aliphatic carbocycles. The van der Waals surface area contributed by atoms with Crippen LogP contribution in [0.25, 0.3) is 11.2 Å². The normalized spacial score (nSPS) is 10.9. The van der Waals surface area contributed by atoms with Crippen LogP contribution in [-0.4, -0.2) is 26.9 Å². The van der Waals surface area contributed by atoms with Gasteiger partial charge in [0, 0.05) is 0 Å². The van der Waals surface area contributed by atoms with Crippen molar-refractivity contribution in [3.05, 3.63) is 44.9 Å². The van der Waals surface area contributed by atoms with Crippen LogP contribution in [0.2, 0.25) is 5.15 Å². The molecule has 20 heavy (non-hydrogen) atoms. The van der Waals surface area contributed by atoms with Crippen LogP contribution in [0.15, 0.2) is 30.5 Å². The highest BCUT2D eigenvalue weighted by Crippen LogP contribution is 2.20. The maximum atomic E-state index is 5.87. The Bertz CT molecular complexity index is 757. The van der Waals surface area contributed by atoms with E-state index in [0.29, 0.717) is 11.7 Å². The summed E-state index contributed by atoms with van der Waals surface area (Å²) in [5, 5.41) is 4.83. The van der Waals surface area contributed by atoms with E-state index in [4.69, 9.17) is 16.3 Å². The van der Waals surface area contributed by atoms with Crippen molar-refractivity contribution in [2.75, 3.05) is 7.11 Å². The number of rotatable bonds is 3. The molecule has 0 spiro atoms. The summed E-state index contributed by atoms with van der Waals surface area (Å²) in [6.07, 6.45) is 1.53. The molecule has 0 atom stereocenters. The zero-order chi connectivity index (χ0) is 14.1. The van der Waals surface area contributed by atoms with Crippen LogP contribution in [0.5, 0.6) is 5.75 Å². The SMILES string of the molecule is COc1ccc(Cn2nc(I)c3nc(Cl)cnc32)cc1. The molecule has 0 unspecified atom stereocenters. The van der Waals surface area contributed by atoms with Crippen molar-refractivity contribution >= 4 is 45.4 Å². The first kappa shape index (κ1) is 13.6. The van der Waals surface area contributed by atoms with E-state index < -0.39 is 0 Å². The van der Waals surface area contributed by atoms with Gasteiger partial charge in [-0.3, -0.25) is 0 Å². The van der Waals surface area contributed by atoms with Crippen molar-refractivity contribution in [1.82, 2.24) is 19.7 Å². The molecule has 0 bridgehead atoms. The highest BCUT2D eigenvalue weighted by atomic mass is 127. The summed E-state index contributed by atoms with van der Waals surface area (Å²) in [5.74, 6) is 0.834. The lowest BCUT2D eigenvalue weighted by molar-refractivity contribution is 0.414. The molecule has 0 aliphatic heterocycles. The van der Waals surface area contributed by atoms with Crippen molar-refractivity contribution in [2.45, 2.75) is 6.54 Å². The number of halogens is 2. The van der Waals surface area contributed by atoms with Crippen LogP contribution in [0.3, 0.4) is 0 Å². The van der Waals surface area contributed by atoms with Gasteiger partial charge in [-0.25, -0.2) is 14.6 Å². The largest absolute Gasteiger partial charge is 0.497 e. The van der Waals surface area contributed by atoms with E-state index in [1.807, 2.05) is 28.9 Å². The van der Waals surface area contributed by atoms with Gasteiger partial charge in [0.1, 0.15) is 16.4 Å². The Kier molecular flexibility index (Phi) is 3.75. The van der Waals surface area contributed by atoms with E-state index in [-0.39, 0.29) is 0 Å². The van der Waals surface area contributed by atoms with Gasteiger partial charge in [0.2, 0.25) is 0 Å². The van der Waals surface area contributed by atoms with Gasteiger partial charge in [0.15, 0.2) is 9.35 Å². The third-order valence-corrected chi connectivity index (χ3v) is 3.77. The molecule has 0 saturated heterocycles. The Morgan fingerprint density at radius 3 is 2.75 bits per heavy atom. The molecule has 102 valence electrons. The van der Waals surface area contributed by atoms with Crippen LogP contribution in [0.4, 0.5) is 0 Å². The van der Waals surface area contributed by atoms with Crippen molar-refractivity contribution in [3.63, 3.8) is 0 Å². The molecular weight excluding hydrogens is 391 g/mol. The lowest BCUT2D eigenvalue weighted by Crippen LogP contribution is -2.03. The number of nitrogens with zero attached hydrogens (tertiary/aromatic N) is 4. The molecule has 0 aliphatic rings. The number of benzene rings is 1. The van der Waals surface area contributed by atoms with E-state index in [1.54, 1.807) is 7.11 Å². The van der Waals surface area contributed by atoms with Gasteiger partial charge in [0.25, 0.3) is 0 Å². The number of hydrogen-bond donors (Lipinski definition) is 0. The smallest absolute Gasteiger partial charge is 0.178 e. The standard InChI is InChI=1S/C13H10ClIN4O/c1-20-9-4-2-8(3-5-9)7-19-13-11(12(15)18-19)17-10(14)6-16-13/h2-6H,7H2,1H3. The Labute approximate surface area is 134 Å². The van der Waals surface area contributed by atoms with Crippen LogP contribution in [0.1, 0.15) is 5.56 Å². The highest BCUT2D eigenvalue weighted by Gasteiger charge is 2.12. The predicted molar refractivity (Wildman–Crippen MR) is 85.1 cm³/mol. The van der Waals surface area contributed by atoms with Crippen molar-refractivity contribution in [2.24, 2.45) is 0 Å². The fourth-order valence-corrected chi connectivity index (χ4v) is 2.66. The maximum absolute atomic E-state index is 5.87. The number of fused-ring (bicyclic) bond motifs is 1. The fourth-order valence-electron chi connectivity index (χ4n) is 1.90. The van der Waals surface area contributed by atoms with Crippen LogP contribution < -0.4 is 4.74 Å². The van der Waals surface area contributed by atoms with Gasteiger partial charge in [-0.05, 0) is 40.3 Å². The van der Waals surface area contributed by atoms with Crippen molar-refractivity contribution in [3.8, 4) is 5.75 Å². The Morgan fingerprint density at radius 1 is 1.30 bits per heavy atom. The second-order valence-corrected chi connectivity index (χ2v) is 5.57. The molecule has 0 saturated carbocycles. The molecule has 1 aromatic carbocycles. The summed E-state index contributed by atoms with van der Waals surface area (Å²) >= 11 is 8.00. The van der Waals surface area contributed by atoms with Gasteiger partial charge in [-0.15, -0.1) is 0 Å². The summed E-state index contributed by atoms with van der Waals surface area (Å²) in [6, 6.07) is 7.86. The molecule has 3 rings (SSSR count). The molecule has 3 aromatic rings. The molecule has 2 aromatic heterocycles. The third-order valence-electron chi connectivity index (χ3n) is 2.86. The van der Waals surface area contributed by atoms with Gasteiger partial charge >= 0.3 is 0 Å². The first-order valence-electron chi connectivity index (χ1n) is 5.85. The second-order valence-electron chi connectivity index (χ2n) is 4.16. The van der Waals surface area contributed by atoms with E-state index in [1.165, 1.54) is 6.20 Å². The molecule has 0 radical (unpaired) electrons. The second kappa shape index (κ2) is 5.53. The topological polar surface area (TPSA) is 52.8 Å². The first-order chi connectivity index (χ1) is 9.67. The summed E-state index contributed by atoms with van der Waals surface area (Å²) in [7, 11) is 1.65. The minimum atomic E-state index is 0.374. The average molecular weight is 401 g/mol. The summed E-state index contributed by atoms with van der Waals surface area (Å²) in [4.78, 5) is 8.56. The number of aromatic nitrogens is 4. The number of ether oxygens (including phenoxy) is 1. The Balaban J connectivity index is 1.97. The minimum Gasteiger partial charge on any atom is -0.497 e. The van der Waals surface area contributed by atoms with Gasteiger partial charge in [0.05, 0.1) is 19.9 Å². The number of methoxy groups -OCH3 is 1. The molecule has 0 N–H and O–H groups in total. The van der Waals surface area contributed by atoms with E-state index in [9.17, 15) is 0 Å². The van der Waals surface area contributed by atoms with Crippen LogP contribution in [-0.2, 0) is 6.54 Å². The molecular formula is C13H10ClIN4O. The third kappa shape index (κ3) is 2.57. The van der Waals surface area contributed by atoms with Crippen LogP contribution in [0, 0.1) is 3.70 Å². The quantitative estimate of drug-likeness (QED) is 0.634. The van der Waals surface area contributed by atoms with Crippen molar-refractivity contribution < 1.29 is 4.74 Å². The van der Waals surface area contributed by atoms with Gasteiger partial charge in [-0.2, -0.15) is 5.10 Å². The average Bonchev–Trinajstić information content (AvgIpc) is 2.76. The number of hydrogen-bond acceptors (Lipinski definition) is 4. The molecule has 0 amide bonds. The summed E-state index contributed by atoms with van der Waals surface area (Å²) in [6.45, 7) is 0.625. The summed E-state index contributed by atoms with van der Waals surface area (Å²) < 4.78 is 7.76. The lowest BCUT2D eigenvalue weighted by atomic mass is 10.2. The summed E-state index contributed by atoms with van der Waals surface area (Å²) in [5.41, 5.74) is 2.57. The monoisotopic (exact) mass is 400 g/mol. The maximum Gasteiger partial charge on any atom is 0.178 e. The first-order valence-corrected chi connectivity index (χ1v) is 7.30. The van der Waals surface area contributed by atoms with Gasteiger partial charge in [-0.1, -0.05) is 23.7 Å². The lowest BCUT2D eigenvalue weighted by Gasteiger charge is -2.04. The van der Waals surface area contributed by atoms with E-state index in [0.717, 1.165) is 26.2 Å². The van der Waals surface area contributed by atoms with E-state index >= 15 is 0 Å². The predicted octanol–water partition coefficient (Wildman–Crippen LogP) is 3.14. The molecule has 5 nitrogen and oxygen atoms in total. The van der Waals surface area contributed by atoms with Gasteiger partial charge < -0.3 is 4.74 Å². The zero-order valence-corrected chi connectivity index (χ0v) is 13.5. The fraction of sp³-hybridized carbons (Fsp3) is 0.154. The molecule has 2 heterocycles. The Hall–Kier alpha value is -1.41. The minimum absolute atomic E-state index is 0.374. The molecule has 0 fully saturated rings. The zero-order valence-electron chi connectivity index (χ0n) is 10.5. The van der Waals surface area contributed by atoms with E-state index in [2.05, 4.69) is 37.7 Å². The van der Waals surface area contributed by atoms with Crippen molar-refractivity contribution in [1.29, 1.82) is 0 Å². The Morgan fingerprint density at radius 2 is 2.05 bits per heavy atom.